The number of aryl methyl sites for hydroxylation is 2. The number of carbonyl (C=O) groups is 1. The van der Waals surface area contributed by atoms with Crippen LogP contribution in [0.1, 0.15) is 47.9 Å². The van der Waals surface area contributed by atoms with Gasteiger partial charge in [0.1, 0.15) is 18.9 Å². The van der Waals surface area contributed by atoms with E-state index in [0.717, 1.165) is 40.8 Å². The van der Waals surface area contributed by atoms with E-state index in [4.69, 9.17) is 0 Å². The quantitative estimate of drug-likeness (QED) is 0.645. The van der Waals surface area contributed by atoms with Crippen LogP contribution < -0.4 is 0 Å². The molecule has 2 aromatic carbocycles. The first-order chi connectivity index (χ1) is 13.0. The van der Waals surface area contributed by atoms with E-state index in [1.165, 1.54) is 43.4 Å². The molecule has 0 spiro atoms. The van der Waals surface area contributed by atoms with E-state index in [-0.39, 0.29) is 11.6 Å². The third kappa shape index (κ3) is 5.26. The Hall–Kier alpha value is -2.00. The third-order valence-electron chi connectivity index (χ3n) is 5.92. The molecule has 3 heteroatoms. The monoisotopic (exact) mass is 368 g/mol. The molecule has 0 saturated carbocycles. The molecule has 144 valence electrons. The number of halogens is 1. The Balaban J connectivity index is 1.78. The number of quaternary nitrogens is 1. The molecule has 0 unspecified atom stereocenters. The molecule has 1 aliphatic rings. The van der Waals surface area contributed by atoms with E-state index in [9.17, 15) is 9.18 Å². The van der Waals surface area contributed by atoms with Gasteiger partial charge in [0.05, 0.1) is 13.1 Å². The number of Topliss-reactive ketones (excluding diaryl/α,β-unsaturated/α-hetero) is 1. The SMILES string of the molecule is Cc1cc(F)cc(C)c1CC(=O)C[N+]1(Cc2ccccc2)CCCCCC1. The van der Waals surface area contributed by atoms with Crippen molar-refractivity contribution in [1.29, 1.82) is 0 Å². The number of hydrogen-bond donors (Lipinski definition) is 0. The van der Waals surface area contributed by atoms with Crippen LogP contribution in [0.3, 0.4) is 0 Å². The van der Waals surface area contributed by atoms with Crippen molar-refractivity contribution < 1.29 is 13.7 Å². The Morgan fingerprint density at radius 3 is 2.15 bits per heavy atom. The molecule has 1 aliphatic heterocycles. The first kappa shape index (κ1) is 19.8. The maximum Gasteiger partial charge on any atom is 0.191 e. The number of ketones is 1. The number of rotatable bonds is 6. The van der Waals surface area contributed by atoms with Gasteiger partial charge in [-0.25, -0.2) is 4.39 Å². The minimum absolute atomic E-state index is 0.221. The highest BCUT2D eigenvalue weighted by molar-refractivity contribution is 5.82. The van der Waals surface area contributed by atoms with Crippen LogP contribution in [0.15, 0.2) is 42.5 Å². The largest absolute Gasteiger partial charge is 0.314 e. The van der Waals surface area contributed by atoms with Crippen molar-refractivity contribution in [1.82, 2.24) is 0 Å². The summed E-state index contributed by atoms with van der Waals surface area (Å²) in [6.45, 7) is 7.45. The van der Waals surface area contributed by atoms with Gasteiger partial charge in [-0.3, -0.25) is 4.79 Å². The van der Waals surface area contributed by atoms with Crippen molar-refractivity contribution in [2.75, 3.05) is 19.6 Å². The van der Waals surface area contributed by atoms with Crippen molar-refractivity contribution >= 4 is 5.78 Å². The molecule has 0 aromatic heterocycles. The number of nitrogens with zero attached hydrogens (tertiary/aromatic N) is 1. The standard InChI is InChI=1S/C24H31FNO/c1-19-14-22(25)15-20(2)24(19)16-23(27)18-26(12-8-3-4-9-13-26)17-21-10-6-5-7-11-21/h5-7,10-11,14-15H,3-4,8-9,12-13,16-18H2,1-2H3/q+1. The van der Waals surface area contributed by atoms with Crippen LogP contribution in [0.2, 0.25) is 0 Å². The summed E-state index contributed by atoms with van der Waals surface area (Å²) < 4.78 is 14.4. The van der Waals surface area contributed by atoms with E-state index in [0.29, 0.717) is 13.0 Å². The molecule has 1 fully saturated rings. The summed E-state index contributed by atoms with van der Waals surface area (Å²) in [5, 5.41) is 0. The average molecular weight is 369 g/mol. The first-order valence-corrected chi connectivity index (χ1v) is 10.1. The number of benzene rings is 2. The van der Waals surface area contributed by atoms with Crippen LogP contribution in [0, 0.1) is 19.7 Å². The van der Waals surface area contributed by atoms with Crippen LogP contribution in [-0.4, -0.2) is 29.9 Å². The molecule has 1 heterocycles. The number of carbonyl (C=O) groups excluding carboxylic acids is 1. The number of hydrogen-bond acceptors (Lipinski definition) is 1. The zero-order valence-electron chi connectivity index (χ0n) is 16.6. The van der Waals surface area contributed by atoms with Gasteiger partial charge in [-0.15, -0.1) is 0 Å². The minimum atomic E-state index is -0.221. The highest BCUT2D eigenvalue weighted by Gasteiger charge is 2.31. The van der Waals surface area contributed by atoms with Crippen LogP contribution in [-0.2, 0) is 17.8 Å². The van der Waals surface area contributed by atoms with E-state index in [1.807, 2.05) is 19.9 Å². The zero-order valence-corrected chi connectivity index (χ0v) is 16.6. The fraction of sp³-hybridized carbons (Fsp3) is 0.458. The molecule has 2 aromatic rings. The van der Waals surface area contributed by atoms with Gasteiger partial charge in [0.25, 0.3) is 0 Å². The lowest BCUT2D eigenvalue weighted by Crippen LogP contribution is -2.51. The predicted molar refractivity (Wildman–Crippen MR) is 108 cm³/mol. The summed E-state index contributed by atoms with van der Waals surface area (Å²) in [6.07, 6.45) is 5.31. The summed E-state index contributed by atoms with van der Waals surface area (Å²) in [5.74, 6) is 0.0481. The normalized spacial score (nSPS) is 16.7. The molecule has 0 atom stereocenters. The highest BCUT2D eigenvalue weighted by Crippen LogP contribution is 2.24. The van der Waals surface area contributed by atoms with Crippen molar-refractivity contribution in [3.05, 3.63) is 70.5 Å². The van der Waals surface area contributed by atoms with E-state index in [1.54, 1.807) is 0 Å². The van der Waals surface area contributed by atoms with Gasteiger partial charge in [-0.05, 0) is 68.4 Å². The minimum Gasteiger partial charge on any atom is -0.314 e. The van der Waals surface area contributed by atoms with E-state index >= 15 is 0 Å². The molecule has 0 radical (unpaired) electrons. The van der Waals surface area contributed by atoms with Gasteiger partial charge in [0.15, 0.2) is 5.78 Å². The van der Waals surface area contributed by atoms with Crippen LogP contribution in [0.4, 0.5) is 4.39 Å². The molecule has 0 bridgehead atoms. The lowest BCUT2D eigenvalue weighted by atomic mass is 9.97. The molecule has 0 amide bonds. The maximum atomic E-state index is 13.6. The molecule has 27 heavy (non-hydrogen) atoms. The molecule has 0 N–H and O–H groups in total. The summed E-state index contributed by atoms with van der Waals surface area (Å²) >= 11 is 0. The van der Waals surface area contributed by atoms with E-state index in [2.05, 4.69) is 24.3 Å². The average Bonchev–Trinajstić information content (AvgIpc) is 2.84. The summed E-state index contributed by atoms with van der Waals surface area (Å²) in [6, 6.07) is 13.6. The second-order valence-electron chi connectivity index (χ2n) is 8.24. The smallest absolute Gasteiger partial charge is 0.191 e. The Labute approximate surface area is 162 Å². The fourth-order valence-corrected chi connectivity index (χ4v) is 4.55. The summed E-state index contributed by atoms with van der Waals surface area (Å²) in [4.78, 5) is 13.1. The maximum absolute atomic E-state index is 13.6. The molecular weight excluding hydrogens is 337 g/mol. The van der Waals surface area contributed by atoms with Gasteiger partial charge in [0, 0.05) is 12.0 Å². The van der Waals surface area contributed by atoms with Crippen molar-refractivity contribution in [2.45, 2.75) is 52.5 Å². The Bertz CT molecular complexity index is 753. The third-order valence-corrected chi connectivity index (χ3v) is 5.92. The van der Waals surface area contributed by atoms with E-state index < -0.39 is 0 Å². The van der Waals surface area contributed by atoms with Gasteiger partial charge < -0.3 is 4.48 Å². The van der Waals surface area contributed by atoms with Crippen LogP contribution in [0.5, 0.6) is 0 Å². The topological polar surface area (TPSA) is 17.1 Å². The molecule has 0 aliphatic carbocycles. The summed E-state index contributed by atoms with van der Waals surface area (Å²) in [5.41, 5.74) is 4.06. The Morgan fingerprint density at radius 1 is 0.963 bits per heavy atom. The van der Waals surface area contributed by atoms with Crippen molar-refractivity contribution in [3.8, 4) is 0 Å². The zero-order chi connectivity index (χ0) is 19.3. The second-order valence-corrected chi connectivity index (χ2v) is 8.24. The van der Waals surface area contributed by atoms with Gasteiger partial charge in [0.2, 0.25) is 0 Å². The first-order valence-electron chi connectivity index (χ1n) is 10.1. The lowest BCUT2D eigenvalue weighted by molar-refractivity contribution is -0.932. The van der Waals surface area contributed by atoms with Gasteiger partial charge in [-0.1, -0.05) is 30.3 Å². The predicted octanol–water partition coefficient (Wildman–Crippen LogP) is 5.15. The molecule has 2 nitrogen and oxygen atoms in total. The Kier molecular flexibility index (Phi) is 6.43. The fourth-order valence-electron chi connectivity index (χ4n) is 4.55. The molecule has 1 saturated heterocycles. The van der Waals surface area contributed by atoms with Gasteiger partial charge >= 0.3 is 0 Å². The number of likely N-dealkylation sites (tertiary alicyclic amines) is 1. The van der Waals surface area contributed by atoms with Crippen LogP contribution >= 0.6 is 0 Å². The summed E-state index contributed by atoms with van der Waals surface area (Å²) in [7, 11) is 0. The van der Waals surface area contributed by atoms with Gasteiger partial charge in [-0.2, -0.15) is 0 Å². The lowest BCUT2D eigenvalue weighted by Gasteiger charge is -2.37. The Morgan fingerprint density at radius 2 is 1.56 bits per heavy atom. The highest BCUT2D eigenvalue weighted by atomic mass is 19.1. The van der Waals surface area contributed by atoms with Crippen molar-refractivity contribution in [3.63, 3.8) is 0 Å². The van der Waals surface area contributed by atoms with Crippen LogP contribution in [0.25, 0.3) is 0 Å². The molecule has 3 rings (SSSR count). The second kappa shape index (κ2) is 8.79. The van der Waals surface area contributed by atoms with Crippen molar-refractivity contribution in [2.24, 2.45) is 0 Å². The molecular formula is C24H31FNO+.